The number of carbonyl (C=O) groups is 1. The predicted octanol–water partition coefficient (Wildman–Crippen LogP) is 0.902. The van der Waals surface area contributed by atoms with Gasteiger partial charge in [0.15, 0.2) is 0 Å². The van der Waals surface area contributed by atoms with Gasteiger partial charge in [-0.05, 0) is 25.0 Å². The summed E-state index contributed by atoms with van der Waals surface area (Å²) in [6.45, 7) is 3.41. The number of para-hydroxylation sites is 2. The van der Waals surface area contributed by atoms with Crippen LogP contribution in [0.25, 0.3) is 0 Å². The molecule has 2 aliphatic heterocycles. The molecule has 2 fully saturated rings. The molecule has 27 heavy (non-hydrogen) atoms. The lowest BCUT2D eigenvalue weighted by Gasteiger charge is -2.30. The topological polar surface area (TPSA) is 88.2 Å². The van der Waals surface area contributed by atoms with Gasteiger partial charge in [0.1, 0.15) is 0 Å². The maximum Gasteiger partial charge on any atom is 0.239 e. The third-order valence-corrected chi connectivity index (χ3v) is 5.97. The first kappa shape index (κ1) is 20.1. The van der Waals surface area contributed by atoms with Crippen molar-refractivity contribution >= 4 is 27.3 Å². The van der Waals surface area contributed by atoms with E-state index in [-0.39, 0.29) is 25.1 Å². The van der Waals surface area contributed by atoms with Crippen LogP contribution in [-0.4, -0.2) is 77.0 Å². The van der Waals surface area contributed by atoms with Crippen LogP contribution in [0.4, 0.5) is 11.4 Å². The fraction of sp³-hybridized carbons (Fsp3) is 0.611. The van der Waals surface area contributed by atoms with Gasteiger partial charge in [0, 0.05) is 26.2 Å². The first-order valence-corrected chi connectivity index (χ1v) is 11.1. The number of hydrogen-bond donors (Lipinski definition) is 1. The Bertz CT molecular complexity index is 743. The Morgan fingerprint density at radius 2 is 2.00 bits per heavy atom. The summed E-state index contributed by atoms with van der Waals surface area (Å²) in [7, 11) is -3.50. The molecule has 2 saturated heterocycles. The van der Waals surface area contributed by atoms with Gasteiger partial charge < -0.3 is 19.7 Å². The van der Waals surface area contributed by atoms with Crippen LogP contribution in [0.15, 0.2) is 24.3 Å². The van der Waals surface area contributed by atoms with Gasteiger partial charge in [-0.3, -0.25) is 4.79 Å². The minimum absolute atomic E-state index is 0.145. The maximum absolute atomic E-state index is 12.6. The monoisotopic (exact) mass is 397 g/mol. The highest BCUT2D eigenvalue weighted by molar-refractivity contribution is 7.88. The van der Waals surface area contributed by atoms with E-state index in [0.29, 0.717) is 25.5 Å². The Morgan fingerprint density at radius 1 is 1.26 bits per heavy atom. The Balaban J connectivity index is 1.67. The molecular weight excluding hydrogens is 370 g/mol. The molecule has 0 saturated carbocycles. The molecule has 1 atom stereocenters. The summed E-state index contributed by atoms with van der Waals surface area (Å²) in [5.41, 5.74) is 1.59. The molecule has 3 rings (SSSR count). The van der Waals surface area contributed by atoms with E-state index in [9.17, 15) is 13.2 Å². The van der Waals surface area contributed by atoms with E-state index in [1.807, 2.05) is 24.3 Å². The number of amides is 1. The van der Waals surface area contributed by atoms with Gasteiger partial charge in [0.05, 0.1) is 43.5 Å². The molecule has 0 aromatic heterocycles. The molecular formula is C18H27N3O5S. The molecule has 1 aromatic rings. The number of ether oxygens (including phenoxy) is 2. The van der Waals surface area contributed by atoms with Crippen LogP contribution in [0.5, 0.6) is 0 Å². The van der Waals surface area contributed by atoms with Crippen molar-refractivity contribution in [1.29, 1.82) is 0 Å². The van der Waals surface area contributed by atoms with Gasteiger partial charge in [0.25, 0.3) is 0 Å². The fourth-order valence-corrected chi connectivity index (χ4v) is 4.13. The van der Waals surface area contributed by atoms with Gasteiger partial charge in [-0.25, -0.2) is 8.42 Å². The summed E-state index contributed by atoms with van der Waals surface area (Å²) in [6, 6.07) is 7.54. The molecule has 1 N–H and O–H groups in total. The molecule has 0 aliphatic carbocycles. The highest BCUT2D eigenvalue weighted by Gasteiger charge is 2.27. The number of rotatable bonds is 7. The van der Waals surface area contributed by atoms with E-state index in [1.165, 1.54) is 4.31 Å². The number of sulfonamides is 1. The lowest BCUT2D eigenvalue weighted by molar-refractivity contribution is -0.116. The molecule has 0 bridgehead atoms. The summed E-state index contributed by atoms with van der Waals surface area (Å²) < 4.78 is 36.3. The van der Waals surface area contributed by atoms with E-state index < -0.39 is 10.0 Å². The van der Waals surface area contributed by atoms with Crippen molar-refractivity contribution < 1.29 is 22.7 Å². The van der Waals surface area contributed by atoms with Crippen molar-refractivity contribution in [3.8, 4) is 0 Å². The summed E-state index contributed by atoms with van der Waals surface area (Å²) in [5.74, 6) is -0.362. The molecule has 8 nitrogen and oxygen atoms in total. The van der Waals surface area contributed by atoms with E-state index >= 15 is 0 Å². The van der Waals surface area contributed by atoms with Gasteiger partial charge in [-0.1, -0.05) is 12.1 Å². The lowest BCUT2D eigenvalue weighted by Crippen LogP contribution is -2.42. The second kappa shape index (κ2) is 9.01. The minimum atomic E-state index is -3.50. The fourth-order valence-electron chi connectivity index (χ4n) is 3.34. The molecule has 0 radical (unpaired) electrons. The highest BCUT2D eigenvalue weighted by atomic mass is 32.2. The Morgan fingerprint density at radius 3 is 2.67 bits per heavy atom. The third-order valence-electron chi connectivity index (χ3n) is 4.75. The summed E-state index contributed by atoms with van der Waals surface area (Å²) >= 11 is 0. The van der Waals surface area contributed by atoms with Crippen molar-refractivity contribution in [3.63, 3.8) is 0 Å². The van der Waals surface area contributed by atoms with E-state index in [1.54, 1.807) is 0 Å². The Kier molecular flexibility index (Phi) is 6.69. The largest absolute Gasteiger partial charge is 0.378 e. The second-order valence-corrected chi connectivity index (χ2v) is 8.84. The van der Waals surface area contributed by atoms with E-state index in [0.717, 1.165) is 37.9 Å². The lowest BCUT2D eigenvalue weighted by atomic mass is 10.2. The number of anilines is 2. The molecule has 1 amide bonds. The molecule has 150 valence electrons. The molecule has 1 unspecified atom stereocenters. The molecule has 0 spiro atoms. The number of carbonyl (C=O) groups excluding carboxylic acids is 1. The quantitative estimate of drug-likeness (QED) is 0.736. The minimum Gasteiger partial charge on any atom is -0.378 e. The first-order valence-electron chi connectivity index (χ1n) is 9.22. The second-order valence-electron chi connectivity index (χ2n) is 6.86. The van der Waals surface area contributed by atoms with Crippen LogP contribution in [-0.2, 0) is 24.3 Å². The van der Waals surface area contributed by atoms with Crippen LogP contribution in [0.3, 0.4) is 0 Å². The van der Waals surface area contributed by atoms with E-state index in [4.69, 9.17) is 9.47 Å². The van der Waals surface area contributed by atoms with Gasteiger partial charge in [-0.15, -0.1) is 0 Å². The van der Waals surface area contributed by atoms with Crippen molar-refractivity contribution in [2.24, 2.45) is 0 Å². The van der Waals surface area contributed by atoms with E-state index in [2.05, 4.69) is 10.2 Å². The van der Waals surface area contributed by atoms with Gasteiger partial charge in [0.2, 0.25) is 15.9 Å². The zero-order valence-electron chi connectivity index (χ0n) is 15.6. The van der Waals surface area contributed by atoms with Gasteiger partial charge >= 0.3 is 0 Å². The summed E-state index contributed by atoms with van der Waals surface area (Å²) in [5, 5.41) is 2.87. The SMILES string of the molecule is CS(=O)(=O)N(CC(=O)Nc1ccccc1N1CCOCC1)CC1CCCO1. The van der Waals surface area contributed by atoms with Crippen LogP contribution in [0, 0.1) is 0 Å². The van der Waals surface area contributed by atoms with Crippen LogP contribution in [0.1, 0.15) is 12.8 Å². The van der Waals surface area contributed by atoms with Crippen molar-refractivity contribution in [2.75, 3.05) is 62.5 Å². The highest BCUT2D eigenvalue weighted by Crippen LogP contribution is 2.26. The number of nitrogens with one attached hydrogen (secondary N) is 1. The number of nitrogens with zero attached hydrogens (tertiary/aromatic N) is 2. The van der Waals surface area contributed by atoms with Crippen molar-refractivity contribution in [3.05, 3.63) is 24.3 Å². The van der Waals surface area contributed by atoms with Crippen LogP contribution in [0.2, 0.25) is 0 Å². The zero-order chi connectivity index (χ0) is 19.3. The number of hydrogen-bond acceptors (Lipinski definition) is 6. The zero-order valence-corrected chi connectivity index (χ0v) is 16.4. The Labute approximate surface area is 160 Å². The van der Waals surface area contributed by atoms with Crippen molar-refractivity contribution in [2.45, 2.75) is 18.9 Å². The molecule has 9 heteroatoms. The predicted molar refractivity (Wildman–Crippen MR) is 103 cm³/mol. The number of morpholine rings is 1. The van der Waals surface area contributed by atoms with Crippen molar-refractivity contribution in [1.82, 2.24) is 4.31 Å². The smallest absolute Gasteiger partial charge is 0.239 e. The van der Waals surface area contributed by atoms with Crippen LogP contribution >= 0.6 is 0 Å². The number of benzene rings is 1. The van der Waals surface area contributed by atoms with Gasteiger partial charge in [-0.2, -0.15) is 4.31 Å². The normalized spacial score (nSPS) is 20.8. The average Bonchev–Trinajstić information content (AvgIpc) is 3.15. The summed E-state index contributed by atoms with van der Waals surface area (Å²) in [4.78, 5) is 14.7. The first-order chi connectivity index (χ1) is 12.9. The molecule has 2 heterocycles. The standard InChI is InChI=1S/C18H27N3O5S/c1-27(23,24)21(13-15-5-4-10-26-15)14-18(22)19-16-6-2-3-7-17(16)20-8-11-25-12-9-20/h2-3,6-7,15H,4-5,8-14H2,1H3,(H,19,22). The third kappa shape index (κ3) is 5.65. The molecule has 1 aromatic carbocycles. The Hall–Kier alpha value is -1.68. The van der Waals surface area contributed by atoms with Crippen LogP contribution < -0.4 is 10.2 Å². The maximum atomic E-state index is 12.6. The summed E-state index contributed by atoms with van der Waals surface area (Å²) in [6.07, 6.45) is 2.71. The molecule has 2 aliphatic rings. The average molecular weight is 397 g/mol.